The van der Waals surface area contributed by atoms with Crippen molar-refractivity contribution in [2.45, 2.75) is 38.8 Å². The third-order valence-electron chi connectivity index (χ3n) is 2.41. The van der Waals surface area contributed by atoms with E-state index in [2.05, 4.69) is 10.3 Å². The minimum absolute atomic E-state index is 0.00560. The molecule has 100 valence electrons. The summed E-state index contributed by atoms with van der Waals surface area (Å²) in [7, 11) is 0. The fourth-order valence-corrected chi connectivity index (χ4v) is 2.21. The van der Waals surface area contributed by atoms with Gasteiger partial charge in [0.25, 0.3) is 0 Å². The number of nitrogens with zero attached hydrogens (tertiary/aromatic N) is 1. The number of rotatable bonds is 6. The summed E-state index contributed by atoms with van der Waals surface area (Å²) in [6, 6.07) is -0.866. The lowest BCUT2D eigenvalue weighted by Gasteiger charge is -2.15. The van der Waals surface area contributed by atoms with Gasteiger partial charge in [0, 0.05) is 5.38 Å². The van der Waals surface area contributed by atoms with E-state index < -0.39 is 12.0 Å². The molecule has 1 heterocycles. The van der Waals surface area contributed by atoms with E-state index in [-0.39, 0.29) is 17.6 Å². The molecule has 18 heavy (non-hydrogen) atoms. The summed E-state index contributed by atoms with van der Waals surface area (Å²) in [5.74, 6) is -1.31. The van der Waals surface area contributed by atoms with Crippen LogP contribution in [0.25, 0.3) is 0 Å². The van der Waals surface area contributed by atoms with Crippen LogP contribution in [0, 0.1) is 0 Å². The average molecular weight is 271 g/mol. The predicted octanol–water partition coefficient (Wildman–Crippen LogP) is 1.15. The summed E-state index contributed by atoms with van der Waals surface area (Å²) in [4.78, 5) is 26.3. The van der Waals surface area contributed by atoms with Crippen LogP contribution in [0.4, 0.5) is 0 Å². The number of thiazole rings is 1. The molecule has 1 amide bonds. The molecule has 0 aliphatic carbocycles. The molecule has 0 aromatic carbocycles. The Kier molecular flexibility index (Phi) is 5.24. The number of carbonyl (C=O) groups is 2. The monoisotopic (exact) mass is 271 g/mol. The van der Waals surface area contributed by atoms with Crippen molar-refractivity contribution < 1.29 is 14.7 Å². The predicted molar refractivity (Wildman–Crippen MR) is 68.5 cm³/mol. The fraction of sp³-hybridized carbons (Fsp3) is 0.545. The number of carbonyl (C=O) groups excluding carboxylic acids is 1. The second-order valence-electron chi connectivity index (χ2n) is 4.00. The van der Waals surface area contributed by atoms with Gasteiger partial charge in [0.05, 0.1) is 12.1 Å². The Bertz CT molecular complexity index is 433. The molecule has 1 aromatic rings. The molecular formula is C11H17N3O3S. The van der Waals surface area contributed by atoms with E-state index in [1.807, 2.05) is 6.92 Å². The van der Waals surface area contributed by atoms with Gasteiger partial charge in [-0.05, 0) is 13.3 Å². The highest BCUT2D eigenvalue weighted by Gasteiger charge is 2.19. The molecule has 0 radical (unpaired) electrons. The number of aromatic carboxylic acids is 1. The number of aromatic nitrogens is 1. The zero-order valence-corrected chi connectivity index (χ0v) is 11.2. The first-order valence-corrected chi connectivity index (χ1v) is 6.58. The van der Waals surface area contributed by atoms with E-state index in [0.29, 0.717) is 11.4 Å². The number of carboxylic acids is 1. The number of hydrogen-bond donors (Lipinski definition) is 3. The molecule has 0 aliphatic heterocycles. The Morgan fingerprint density at radius 1 is 1.61 bits per heavy atom. The van der Waals surface area contributed by atoms with Crippen molar-refractivity contribution in [3.63, 3.8) is 0 Å². The second kappa shape index (κ2) is 6.46. The van der Waals surface area contributed by atoms with Gasteiger partial charge in [-0.1, -0.05) is 13.3 Å². The zero-order chi connectivity index (χ0) is 13.7. The van der Waals surface area contributed by atoms with E-state index in [1.54, 1.807) is 6.92 Å². The van der Waals surface area contributed by atoms with Crippen molar-refractivity contribution in [3.8, 4) is 0 Å². The van der Waals surface area contributed by atoms with Crippen LogP contribution in [0.1, 0.15) is 48.2 Å². The molecule has 7 heteroatoms. The van der Waals surface area contributed by atoms with Gasteiger partial charge in [0.1, 0.15) is 5.01 Å². The Morgan fingerprint density at radius 3 is 2.78 bits per heavy atom. The van der Waals surface area contributed by atoms with E-state index in [0.717, 1.165) is 6.42 Å². The Hall–Kier alpha value is -1.47. The molecule has 4 N–H and O–H groups in total. The first-order valence-electron chi connectivity index (χ1n) is 5.70. The molecule has 0 spiro atoms. The van der Waals surface area contributed by atoms with E-state index in [4.69, 9.17) is 10.8 Å². The quantitative estimate of drug-likeness (QED) is 0.719. The topological polar surface area (TPSA) is 105 Å². The third kappa shape index (κ3) is 3.78. The van der Waals surface area contributed by atoms with Crippen LogP contribution in [0.5, 0.6) is 0 Å². The lowest BCUT2D eigenvalue weighted by atomic mass is 10.1. The average Bonchev–Trinajstić information content (AvgIpc) is 2.78. The number of nitrogens with two attached hydrogens (primary N) is 1. The summed E-state index contributed by atoms with van der Waals surface area (Å²) in [5, 5.41) is 13.5. The molecule has 1 rings (SSSR count). The van der Waals surface area contributed by atoms with Crippen molar-refractivity contribution in [1.29, 1.82) is 0 Å². The van der Waals surface area contributed by atoms with Gasteiger partial charge >= 0.3 is 5.97 Å². The smallest absolute Gasteiger partial charge is 0.355 e. The van der Waals surface area contributed by atoms with Crippen LogP contribution in [0.2, 0.25) is 0 Å². The van der Waals surface area contributed by atoms with Gasteiger partial charge in [-0.15, -0.1) is 11.3 Å². The van der Waals surface area contributed by atoms with Crippen LogP contribution in [-0.4, -0.2) is 28.0 Å². The van der Waals surface area contributed by atoms with Crippen LogP contribution < -0.4 is 11.1 Å². The second-order valence-corrected chi connectivity index (χ2v) is 4.89. The Labute approximate surface area is 109 Å². The zero-order valence-electron chi connectivity index (χ0n) is 10.3. The molecule has 0 fully saturated rings. The van der Waals surface area contributed by atoms with Crippen molar-refractivity contribution in [2.24, 2.45) is 5.73 Å². The summed E-state index contributed by atoms with van der Waals surface area (Å²) < 4.78 is 0. The molecule has 1 unspecified atom stereocenters. The maximum atomic E-state index is 11.7. The first kappa shape index (κ1) is 14.6. The number of nitrogens with one attached hydrogen (secondary N) is 1. The summed E-state index contributed by atoms with van der Waals surface area (Å²) in [6.45, 7) is 3.71. The maximum absolute atomic E-state index is 11.7. The van der Waals surface area contributed by atoms with Gasteiger partial charge in [-0.25, -0.2) is 9.78 Å². The third-order valence-corrected chi connectivity index (χ3v) is 3.43. The van der Waals surface area contributed by atoms with E-state index in [9.17, 15) is 9.59 Å². The molecule has 2 atom stereocenters. The fourth-order valence-electron chi connectivity index (χ4n) is 1.41. The van der Waals surface area contributed by atoms with Crippen molar-refractivity contribution in [1.82, 2.24) is 10.3 Å². The molecule has 6 nitrogen and oxygen atoms in total. The molecule has 0 saturated carbocycles. The van der Waals surface area contributed by atoms with Crippen LogP contribution in [0.15, 0.2) is 5.38 Å². The minimum Gasteiger partial charge on any atom is -0.476 e. The van der Waals surface area contributed by atoms with Crippen molar-refractivity contribution >= 4 is 23.2 Å². The Balaban J connectivity index is 2.61. The summed E-state index contributed by atoms with van der Waals surface area (Å²) in [5.41, 5.74) is 5.68. The van der Waals surface area contributed by atoms with Crippen LogP contribution >= 0.6 is 11.3 Å². The summed E-state index contributed by atoms with van der Waals surface area (Å²) >= 11 is 1.21. The summed E-state index contributed by atoms with van der Waals surface area (Å²) in [6.07, 6.45) is 1.46. The van der Waals surface area contributed by atoms with Gasteiger partial charge in [-0.3, -0.25) is 4.79 Å². The van der Waals surface area contributed by atoms with E-state index in [1.165, 1.54) is 16.7 Å². The standard InChI is InChI=1S/C11H17N3O3S/c1-3-4-7(12)9(15)13-6(2)10-14-8(5-18-10)11(16)17/h5-7H,3-4,12H2,1-2H3,(H,13,15)(H,16,17)/t6?,7-/m1/s1. The lowest BCUT2D eigenvalue weighted by Crippen LogP contribution is -2.41. The maximum Gasteiger partial charge on any atom is 0.355 e. The normalized spacial score (nSPS) is 13.9. The van der Waals surface area contributed by atoms with Crippen LogP contribution in [-0.2, 0) is 4.79 Å². The Morgan fingerprint density at radius 2 is 2.28 bits per heavy atom. The molecule has 0 saturated heterocycles. The van der Waals surface area contributed by atoms with Gasteiger partial charge < -0.3 is 16.2 Å². The first-order chi connectivity index (χ1) is 8.45. The largest absolute Gasteiger partial charge is 0.476 e. The molecule has 0 bridgehead atoms. The van der Waals surface area contributed by atoms with Crippen LogP contribution in [0.3, 0.4) is 0 Å². The van der Waals surface area contributed by atoms with Crippen molar-refractivity contribution in [3.05, 3.63) is 16.1 Å². The highest BCUT2D eigenvalue weighted by Crippen LogP contribution is 2.18. The number of carboxylic acid groups (broad SMARTS) is 1. The number of amides is 1. The molecule has 0 aliphatic rings. The van der Waals surface area contributed by atoms with Gasteiger partial charge in [0.2, 0.25) is 5.91 Å². The van der Waals surface area contributed by atoms with Gasteiger partial charge in [0.15, 0.2) is 5.69 Å². The van der Waals surface area contributed by atoms with Gasteiger partial charge in [-0.2, -0.15) is 0 Å². The van der Waals surface area contributed by atoms with E-state index >= 15 is 0 Å². The SMILES string of the molecule is CCC[C@@H](N)C(=O)NC(C)c1nc(C(=O)O)cs1. The number of hydrogen-bond acceptors (Lipinski definition) is 5. The molecular weight excluding hydrogens is 254 g/mol. The lowest BCUT2D eigenvalue weighted by molar-refractivity contribution is -0.123. The minimum atomic E-state index is -1.07. The highest BCUT2D eigenvalue weighted by molar-refractivity contribution is 7.09. The van der Waals surface area contributed by atoms with Crippen molar-refractivity contribution in [2.75, 3.05) is 0 Å². The molecule has 1 aromatic heterocycles. The highest BCUT2D eigenvalue weighted by atomic mass is 32.1.